The van der Waals surface area contributed by atoms with E-state index in [1.165, 1.54) is 13.1 Å². The number of carbonyl (C=O) groups is 2. The highest BCUT2D eigenvalue weighted by atomic mass is 16.2. The lowest BCUT2D eigenvalue weighted by Crippen LogP contribution is -2.28. The Kier molecular flexibility index (Phi) is 5.16. The molecule has 0 saturated carbocycles. The number of carbonyl (C=O) groups excluding carboxylic acids is 2. The van der Waals surface area contributed by atoms with Gasteiger partial charge in [0, 0.05) is 61.8 Å². The Morgan fingerprint density at radius 2 is 2.08 bits per heavy atom. The fourth-order valence-corrected chi connectivity index (χ4v) is 3.23. The zero-order chi connectivity index (χ0) is 18.7. The van der Waals surface area contributed by atoms with Crippen LogP contribution in [0.3, 0.4) is 0 Å². The molecule has 3 heterocycles. The molecule has 1 atom stereocenters. The second-order valence-electron chi connectivity index (χ2n) is 6.52. The third kappa shape index (κ3) is 3.99. The maximum atomic E-state index is 12.8. The van der Waals surface area contributed by atoms with Crippen molar-refractivity contribution in [2.24, 2.45) is 0 Å². The maximum Gasteiger partial charge on any atom is 0.254 e. The van der Waals surface area contributed by atoms with Crippen LogP contribution in [0.4, 0.5) is 11.5 Å². The van der Waals surface area contributed by atoms with Gasteiger partial charge in [0.05, 0.1) is 0 Å². The van der Waals surface area contributed by atoms with Crippen molar-refractivity contribution in [1.29, 1.82) is 0 Å². The van der Waals surface area contributed by atoms with Gasteiger partial charge in [0.1, 0.15) is 5.82 Å². The highest BCUT2D eigenvalue weighted by Gasteiger charge is 2.29. The fraction of sp³-hybridized carbons (Fsp3) is 0.368. The van der Waals surface area contributed by atoms with Crippen molar-refractivity contribution in [2.45, 2.75) is 26.2 Å². The van der Waals surface area contributed by atoms with E-state index in [1.54, 1.807) is 12.1 Å². The molecule has 7 heteroatoms. The van der Waals surface area contributed by atoms with Crippen LogP contribution in [0.15, 0.2) is 30.5 Å². The second-order valence-corrected chi connectivity index (χ2v) is 6.52. The first-order valence-electron chi connectivity index (χ1n) is 8.65. The van der Waals surface area contributed by atoms with Crippen molar-refractivity contribution >= 4 is 23.3 Å². The first-order valence-corrected chi connectivity index (χ1v) is 8.65. The highest BCUT2D eigenvalue weighted by molar-refractivity contribution is 5.96. The molecule has 0 aromatic carbocycles. The molecule has 2 N–H and O–H groups in total. The van der Waals surface area contributed by atoms with Crippen LogP contribution in [0.5, 0.6) is 0 Å². The van der Waals surface area contributed by atoms with Gasteiger partial charge >= 0.3 is 0 Å². The minimum absolute atomic E-state index is 0.0528. The summed E-state index contributed by atoms with van der Waals surface area (Å²) in [5, 5.41) is 5.76. The third-order valence-corrected chi connectivity index (χ3v) is 4.47. The lowest BCUT2D eigenvalue weighted by atomic mass is 10.0. The molecular weight excluding hydrogens is 330 g/mol. The SMILES string of the molecule is CNc1cc(C)nc(C2CCN(C(=O)c3ccnc(NC(C)=O)c3)C2)c1. The van der Waals surface area contributed by atoms with E-state index in [-0.39, 0.29) is 17.7 Å². The number of amides is 2. The summed E-state index contributed by atoms with van der Waals surface area (Å²) in [6.45, 7) is 4.71. The number of anilines is 2. The molecule has 26 heavy (non-hydrogen) atoms. The van der Waals surface area contributed by atoms with Gasteiger partial charge in [0.15, 0.2) is 0 Å². The second kappa shape index (κ2) is 7.51. The number of pyridine rings is 2. The van der Waals surface area contributed by atoms with Crippen molar-refractivity contribution in [1.82, 2.24) is 14.9 Å². The molecule has 3 rings (SSSR count). The Bertz CT molecular complexity index is 836. The summed E-state index contributed by atoms with van der Waals surface area (Å²) in [6.07, 6.45) is 2.42. The molecule has 1 aliphatic heterocycles. The van der Waals surface area contributed by atoms with Gasteiger partial charge in [0.2, 0.25) is 5.91 Å². The zero-order valence-electron chi connectivity index (χ0n) is 15.2. The predicted molar refractivity (Wildman–Crippen MR) is 100 cm³/mol. The standard InChI is InChI=1S/C19H23N5O2/c1-12-8-16(20-3)10-17(22-12)15-5-7-24(11-15)19(26)14-4-6-21-18(9-14)23-13(2)25/h4,6,8-10,15H,5,7,11H2,1-3H3,(H,20,22)(H,21,23,25). The van der Waals surface area contributed by atoms with Gasteiger partial charge in [-0.25, -0.2) is 4.98 Å². The van der Waals surface area contributed by atoms with Gasteiger partial charge in [-0.05, 0) is 37.6 Å². The molecule has 1 saturated heterocycles. The van der Waals surface area contributed by atoms with Gasteiger partial charge in [-0.1, -0.05) is 0 Å². The number of aromatic nitrogens is 2. The summed E-state index contributed by atoms with van der Waals surface area (Å²) in [5.41, 5.74) is 3.54. The topological polar surface area (TPSA) is 87.2 Å². The molecule has 136 valence electrons. The summed E-state index contributed by atoms with van der Waals surface area (Å²) in [5.74, 6) is 0.345. The van der Waals surface area contributed by atoms with Crippen LogP contribution in [-0.4, -0.2) is 46.8 Å². The third-order valence-electron chi connectivity index (χ3n) is 4.47. The van der Waals surface area contributed by atoms with Crippen LogP contribution < -0.4 is 10.6 Å². The van der Waals surface area contributed by atoms with Crippen molar-refractivity contribution in [3.8, 4) is 0 Å². The van der Waals surface area contributed by atoms with E-state index in [0.29, 0.717) is 24.5 Å². The van der Waals surface area contributed by atoms with Gasteiger partial charge in [-0.3, -0.25) is 14.6 Å². The van der Waals surface area contributed by atoms with E-state index >= 15 is 0 Å². The van der Waals surface area contributed by atoms with Crippen LogP contribution in [0, 0.1) is 6.92 Å². The highest BCUT2D eigenvalue weighted by Crippen LogP contribution is 2.29. The maximum absolute atomic E-state index is 12.8. The number of hydrogen-bond donors (Lipinski definition) is 2. The van der Waals surface area contributed by atoms with E-state index in [1.807, 2.05) is 31.0 Å². The van der Waals surface area contributed by atoms with Gasteiger partial charge in [-0.15, -0.1) is 0 Å². The average Bonchev–Trinajstić information content (AvgIpc) is 3.10. The average molecular weight is 353 g/mol. The van der Waals surface area contributed by atoms with E-state index in [2.05, 4.69) is 20.6 Å². The van der Waals surface area contributed by atoms with Crippen LogP contribution in [-0.2, 0) is 4.79 Å². The van der Waals surface area contributed by atoms with E-state index in [0.717, 1.165) is 23.5 Å². The molecule has 0 bridgehead atoms. The fourth-order valence-electron chi connectivity index (χ4n) is 3.23. The first kappa shape index (κ1) is 17.8. The molecule has 2 aromatic rings. The van der Waals surface area contributed by atoms with Crippen molar-refractivity contribution in [3.05, 3.63) is 47.4 Å². The summed E-state index contributed by atoms with van der Waals surface area (Å²) in [7, 11) is 1.89. The lowest BCUT2D eigenvalue weighted by molar-refractivity contribution is -0.114. The van der Waals surface area contributed by atoms with Crippen LogP contribution in [0.1, 0.15) is 41.0 Å². The van der Waals surface area contributed by atoms with E-state index in [4.69, 9.17) is 0 Å². The lowest BCUT2D eigenvalue weighted by Gasteiger charge is -2.17. The molecule has 0 spiro atoms. The Morgan fingerprint density at radius 1 is 1.27 bits per heavy atom. The Labute approximate surface area is 152 Å². The summed E-state index contributed by atoms with van der Waals surface area (Å²) < 4.78 is 0. The van der Waals surface area contributed by atoms with Gasteiger partial charge in [-0.2, -0.15) is 0 Å². The summed E-state index contributed by atoms with van der Waals surface area (Å²) >= 11 is 0. The number of nitrogens with one attached hydrogen (secondary N) is 2. The number of aryl methyl sites for hydroxylation is 1. The van der Waals surface area contributed by atoms with Gasteiger partial charge < -0.3 is 15.5 Å². The quantitative estimate of drug-likeness (QED) is 0.881. The molecule has 1 fully saturated rings. The first-order chi connectivity index (χ1) is 12.5. The molecule has 7 nitrogen and oxygen atoms in total. The van der Waals surface area contributed by atoms with Gasteiger partial charge in [0.25, 0.3) is 5.91 Å². The Morgan fingerprint density at radius 3 is 2.81 bits per heavy atom. The minimum Gasteiger partial charge on any atom is -0.388 e. The molecular formula is C19H23N5O2. The normalized spacial score (nSPS) is 16.4. The molecule has 0 aliphatic carbocycles. The van der Waals surface area contributed by atoms with E-state index in [9.17, 15) is 9.59 Å². The molecule has 1 unspecified atom stereocenters. The largest absolute Gasteiger partial charge is 0.388 e. The van der Waals surface area contributed by atoms with Crippen molar-refractivity contribution < 1.29 is 9.59 Å². The number of rotatable bonds is 4. The Hall–Kier alpha value is -2.96. The number of nitrogens with zero attached hydrogens (tertiary/aromatic N) is 3. The monoisotopic (exact) mass is 353 g/mol. The number of hydrogen-bond acceptors (Lipinski definition) is 5. The van der Waals surface area contributed by atoms with Crippen LogP contribution >= 0.6 is 0 Å². The van der Waals surface area contributed by atoms with E-state index < -0.39 is 0 Å². The Balaban J connectivity index is 1.73. The van der Waals surface area contributed by atoms with Crippen LogP contribution in [0.25, 0.3) is 0 Å². The number of likely N-dealkylation sites (tertiary alicyclic amines) is 1. The molecule has 1 aliphatic rings. The molecule has 0 radical (unpaired) electrons. The van der Waals surface area contributed by atoms with Crippen molar-refractivity contribution in [3.63, 3.8) is 0 Å². The van der Waals surface area contributed by atoms with Crippen LogP contribution in [0.2, 0.25) is 0 Å². The minimum atomic E-state index is -0.214. The zero-order valence-corrected chi connectivity index (χ0v) is 15.2. The molecule has 2 aromatic heterocycles. The molecule has 2 amide bonds. The predicted octanol–water partition coefficient (Wildman–Crippen LogP) is 2.41. The summed E-state index contributed by atoms with van der Waals surface area (Å²) in [6, 6.07) is 7.33. The smallest absolute Gasteiger partial charge is 0.254 e. The van der Waals surface area contributed by atoms with Crippen molar-refractivity contribution in [2.75, 3.05) is 30.8 Å². The summed E-state index contributed by atoms with van der Waals surface area (Å²) in [4.78, 5) is 34.5.